The summed E-state index contributed by atoms with van der Waals surface area (Å²) in [5, 5.41) is 12.2. The smallest absolute Gasteiger partial charge is 0.407 e. The van der Waals surface area contributed by atoms with E-state index in [2.05, 4.69) is 10.1 Å². The van der Waals surface area contributed by atoms with Gasteiger partial charge < -0.3 is 10.1 Å². The van der Waals surface area contributed by atoms with Crippen LogP contribution in [0.3, 0.4) is 0 Å². The van der Waals surface area contributed by atoms with E-state index in [9.17, 15) is 9.59 Å². The molecule has 6 nitrogen and oxygen atoms in total. The second-order valence-corrected chi connectivity index (χ2v) is 3.75. The highest BCUT2D eigenvalue weighted by Crippen LogP contribution is 2.04. The number of ether oxygens (including phenoxy) is 1. The average Bonchev–Trinajstić information content (AvgIpc) is 2.39. The highest BCUT2D eigenvalue weighted by atomic mass is 16.5. The average molecular weight is 252 g/mol. The van der Waals surface area contributed by atoms with Crippen LogP contribution < -0.4 is 5.32 Å². The van der Waals surface area contributed by atoms with Gasteiger partial charge in [-0.15, -0.1) is 0 Å². The van der Waals surface area contributed by atoms with Gasteiger partial charge in [-0.25, -0.2) is 9.86 Å². The van der Waals surface area contributed by atoms with Crippen LogP contribution in [0.15, 0.2) is 30.3 Å². The van der Waals surface area contributed by atoms with Gasteiger partial charge in [-0.1, -0.05) is 30.3 Å². The molecule has 0 aliphatic rings. The summed E-state index contributed by atoms with van der Waals surface area (Å²) in [6.07, 6.45) is 0.174. The molecule has 1 rings (SSSR count). The number of rotatable bonds is 6. The number of benzene rings is 1. The molecule has 1 atom stereocenters. The molecular formula is C12H16N2O4. The lowest BCUT2D eigenvalue weighted by Gasteiger charge is -2.20. The maximum absolute atomic E-state index is 11.2. The quantitative estimate of drug-likeness (QED) is 0.446. The molecular weight excluding hydrogens is 236 g/mol. The number of hydroxylamine groups is 2. The third-order valence-electron chi connectivity index (χ3n) is 2.36. The number of alkyl carbamates (subject to hydrolysis) is 1. The summed E-state index contributed by atoms with van der Waals surface area (Å²) in [5.74, 6) is 0. The van der Waals surface area contributed by atoms with Gasteiger partial charge in [0.1, 0.15) is 0 Å². The first-order chi connectivity index (χ1) is 8.65. The van der Waals surface area contributed by atoms with Crippen LogP contribution in [0.1, 0.15) is 5.56 Å². The molecule has 98 valence electrons. The minimum atomic E-state index is -0.602. The SMILES string of the molecule is COC(=O)N[C@@H](Cc1ccccc1)CN(O)C=O. The summed E-state index contributed by atoms with van der Waals surface area (Å²) >= 11 is 0. The number of methoxy groups -OCH3 is 1. The maximum atomic E-state index is 11.2. The first kappa shape index (κ1) is 14.0. The third kappa shape index (κ3) is 4.84. The summed E-state index contributed by atoms with van der Waals surface area (Å²) in [5.41, 5.74) is 0.984. The number of amides is 2. The van der Waals surface area contributed by atoms with Crippen LogP contribution in [0.4, 0.5) is 4.79 Å². The summed E-state index contributed by atoms with van der Waals surface area (Å²) in [7, 11) is 1.26. The molecule has 0 fully saturated rings. The number of hydrogen-bond donors (Lipinski definition) is 2. The molecule has 0 aliphatic heterocycles. The fourth-order valence-corrected chi connectivity index (χ4v) is 1.55. The Balaban J connectivity index is 2.64. The number of nitrogens with one attached hydrogen (secondary N) is 1. The highest BCUT2D eigenvalue weighted by Gasteiger charge is 2.15. The van der Waals surface area contributed by atoms with Crippen molar-refractivity contribution in [2.45, 2.75) is 12.5 Å². The van der Waals surface area contributed by atoms with E-state index in [1.807, 2.05) is 30.3 Å². The van der Waals surface area contributed by atoms with E-state index < -0.39 is 12.1 Å². The highest BCUT2D eigenvalue weighted by molar-refractivity contribution is 5.67. The number of nitrogens with zero attached hydrogens (tertiary/aromatic N) is 1. The molecule has 1 aromatic rings. The molecule has 0 radical (unpaired) electrons. The van der Waals surface area contributed by atoms with Crippen molar-refractivity contribution in [3.8, 4) is 0 Å². The van der Waals surface area contributed by atoms with Gasteiger partial charge in [0.2, 0.25) is 6.41 Å². The van der Waals surface area contributed by atoms with Crippen molar-refractivity contribution in [2.24, 2.45) is 0 Å². The Kier molecular flexibility index (Phi) is 5.66. The summed E-state index contributed by atoms with van der Waals surface area (Å²) in [4.78, 5) is 21.5. The summed E-state index contributed by atoms with van der Waals surface area (Å²) in [6, 6.07) is 9.01. The molecule has 2 amide bonds. The Bertz CT molecular complexity index is 383. The monoisotopic (exact) mass is 252 g/mol. The van der Waals surface area contributed by atoms with Crippen LogP contribution in [0, 0.1) is 0 Å². The van der Waals surface area contributed by atoms with Gasteiger partial charge in [0.25, 0.3) is 0 Å². The molecule has 0 saturated heterocycles. The zero-order valence-corrected chi connectivity index (χ0v) is 10.1. The molecule has 6 heteroatoms. The predicted octanol–water partition coefficient (Wildman–Crippen LogP) is 0.801. The summed E-state index contributed by atoms with van der Waals surface area (Å²) in [6.45, 7) is -0.00645. The van der Waals surface area contributed by atoms with Crippen LogP contribution in [0.2, 0.25) is 0 Å². The van der Waals surface area contributed by atoms with E-state index in [1.54, 1.807) is 0 Å². The first-order valence-electron chi connectivity index (χ1n) is 5.45. The first-order valence-corrected chi connectivity index (χ1v) is 5.45. The molecule has 0 aromatic heterocycles. The third-order valence-corrected chi connectivity index (χ3v) is 2.36. The van der Waals surface area contributed by atoms with Gasteiger partial charge in [-0.2, -0.15) is 0 Å². The number of hydrogen-bond acceptors (Lipinski definition) is 4. The van der Waals surface area contributed by atoms with Crippen molar-refractivity contribution in [3.05, 3.63) is 35.9 Å². The van der Waals surface area contributed by atoms with Crippen molar-refractivity contribution in [1.29, 1.82) is 0 Å². The molecule has 18 heavy (non-hydrogen) atoms. The Morgan fingerprint density at radius 3 is 2.72 bits per heavy atom. The van der Waals surface area contributed by atoms with Crippen molar-refractivity contribution in [3.63, 3.8) is 0 Å². The zero-order chi connectivity index (χ0) is 13.4. The molecule has 2 N–H and O–H groups in total. The molecule has 1 aromatic carbocycles. The standard InChI is InChI=1S/C12H16N2O4/c1-18-12(16)13-11(8-14(17)9-15)7-10-5-3-2-4-6-10/h2-6,9,11,17H,7-8H2,1H3,(H,13,16)/t11-/m0/s1. The Labute approximate surface area is 105 Å². The van der Waals surface area contributed by atoms with Crippen molar-refractivity contribution >= 4 is 12.5 Å². The lowest BCUT2D eigenvalue weighted by atomic mass is 10.1. The Morgan fingerprint density at radius 2 is 2.17 bits per heavy atom. The molecule has 0 unspecified atom stereocenters. The van der Waals surface area contributed by atoms with Gasteiger partial charge in [-0.05, 0) is 12.0 Å². The van der Waals surface area contributed by atoms with E-state index in [1.165, 1.54) is 7.11 Å². The second kappa shape index (κ2) is 7.29. The fourth-order valence-electron chi connectivity index (χ4n) is 1.55. The van der Waals surface area contributed by atoms with E-state index in [4.69, 9.17) is 5.21 Å². The van der Waals surface area contributed by atoms with E-state index in [-0.39, 0.29) is 13.0 Å². The zero-order valence-electron chi connectivity index (χ0n) is 10.1. The van der Waals surface area contributed by atoms with Gasteiger partial charge in [0.15, 0.2) is 0 Å². The van der Waals surface area contributed by atoms with Crippen LogP contribution in [0.5, 0.6) is 0 Å². The number of carbonyl (C=O) groups is 2. The van der Waals surface area contributed by atoms with Gasteiger partial charge in [-0.3, -0.25) is 10.0 Å². The van der Waals surface area contributed by atoms with Gasteiger partial charge in [0.05, 0.1) is 19.7 Å². The van der Waals surface area contributed by atoms with Gasteiger partial charge >= 0.3 is 6.09 Å². The van der Waals surface area contributed by atoms with E-state index in [0.717, 1.165) is 5.56 Å². The van der Waals surface area contributed by atoms with Crippen LogP contribution in [-0.4, -0.2) is 42.5 Å². The molecule has 0 saturated carbocycles. The van der Waals surface area contributed by atoms with Crippen molar-refractivity contribution < 1.29 is 19.5 Å². The maximum Gasteiger partial charge on any atom is 0.407 e. The second-order valence-electron chi connectivity index (χ2n) is 3.75. The lowest BCUT2D eigenvalue weighted by molar-refractivity contribution is -0.150. The lowest BCUT2D eigenvalue weighted by Crippen LogP contribution is -2.43. The number of carbonyl (C=O) groups excluding carboxylic acids is 2. The van der Waals surface area contributed by atoms with Crippen molar-refractivity contribution in [1.82, 2.24) is 10.4 Å². The van der Waals surface area contributed by atoms with Crippen LogP contribution in [-0.2, 0) is 16.0 Å². The normalized spacial score (nSPS) is 11.4. The topological polar surface area (TPSA) is 78.9 Å². The molecule has 0 spiro atoms. The molecule has 0 heterocycles. The Hall–Kier alpha value is -2.08. The van der Waals surface area contributed by atoms with E-state index >= 15 is 0 Å². The molecule has 0 aliphatic carbocycles. The minimum absolute atomic E-state index is 0.00645. The predicted molar refractivity (Wildman–Crippen MR) is 64.0 cm³/mol. The molecule has 0 bridgehead atoms. The van der Waals surface area contributed by atoms with Gasteiger partial charge in [0, 0.05) is 0 Å². The fraction of sp³-hybridized carbons (Fsp3) is 0.333. The van der Waals surface area contributed by atoms with Crippen LogP contribution >= 0.6 is 0 Å². The minimum Gasteiger partial charge on any atom is -0.453 e. The van der Waals surface area contributed by atoms with Crippen LogP contribution in [0.25, 0.3) is 0 Å². The van der Waals surface area contributed by atoms with Crippen molar-refractivity contribution in [2.75, 3.05) is 13.7 Å². The summed E-state index contributed by atoms with van der Waals surface area (Å²) < 4.78 is 4.50. The Morgan fingerprint density at radius 1 is 1.50 bits per heavy atom. The van der Waals surface area contributed by atoms with E-state index in [0.29, 0.717) is 11.5 Å². The largest absolute Gasteiger partial charge is 0.453 e.